The molecule has 1 aliphatic heterocycles. The number of fused-ring (bicyclic) bond motifs is 2. The van der Waals surface area contributed by atoms with Gasteiger partial charge in [-0.3, -0.25) is 0 Å². The van der Waals surface area contributed by atoms with Crippen LogP contribution in [0.5, 0.6) is 11.5 Å². The predicted molar refractivity (Wildman–Crippen MR) is 181 cm³/mol. The first kappa shape index (κ1) is 45.7. The fourth-order valence-electron chi connectivity index (χ4n) is 6.79. The standard InChI is InChI=1S/C31H48OP2.Cu.F6P.2H2O/c1-27(2,3)33(28(4,5)6)23-19-15-17-21-25(23)32-26-22(31(21,13)14)18-16-20-24(26)34(29(7,8)9)30(10,11)12;;1-7(2,3,4,5)6;;/h15-20H,1-14H3;;;2*1H2/q;+1;-1;;/p+2. The molecule has 0 saturated carbocycles. The summed E-state index contributed by atoms with van der Waals surface area (Å²) in [5, 5.41) is 3.79. The van der Waals surface area contributed by atoms with Gasteiger partial charge in [-0.25, -0.2) is 0 Å². The molecule has 0 spiro atoms. The van der Waals surface area contributed by atoms with E-state index in [2.05, 4.69) is 133 Å². The molecule has 44 heavy (non-hydrogen) atoms. The first-order chi connectivity index (χ1) is 17.6. The minimum absolute atomic E-state index is 0. The Morgan fingerprint density at radius 3 is 0.977 bits per heavy atom. The van der Waals surface area contributed by atoms with Crippen molar-refractivity contribution in [1.29, 1.82) is 0 Å². The van der Waals surface area contributed by atoms with Gasteiger partial charge in [0, 0.05) is 32.4 Å². The number of para-hydroxylation sites is 2. The van der Waals surface area contributed by atoms with E-state index < -0.39 is 23.7 Å². The fraction of sp³-hybridized carbons (Fsp3) is 0.613. The SMILES string of the molecule is CC1(C)c2cccc([PH+](C(C)(C)C)C(C)(C)C)c2Oc2c([PH+](C(C)(C)C)C(C)(C)C)cccc21.F[P-](F)(F)(F)(F)F.O.O.[Cu+]. The third-order valence-corrected chi connectivity index (χ3v) is 15.0. The van der Waals surface area contributed by atoms with Crippen LogP contribution in [0.4, 0.5) is 25.2 Å². The molecular weight excluding hydrogens is 691 g/mol. The van der Waals surface area contributed by atoms with E-state index in [-0.39, 0.29) is 54.1 Å². The molecule has 3 nitrogen and oxygen atoms in total. The Bertz CT molecular complexity index is 1170. The number of hydrogen-bond donors (Lipinski definition) is 0. The molecule has 0 amide bonds. The van der Waals surface area contributed by atoms with Crippen molar-refractivity contribution < 1.29 is 57.9 Å². The molecule has 0 radical (unpaired) electrons. The molecule has 0 bridgehead atoms. The summed E-state index contributed by atoms with van der Waals surface area (Å²) in [5.41, 5.74) is 2.58. The van der Waals surface area contributed by atoms with E-state index in [9.17, 15) is 25.2 Å². The zero-order chi connectivity index (χ0) is 32.5. The molecule has 2 aromatic carbocycles. The van der Waals surface area contributed by atoms with Crippen LogP contribution >= 0.6 is 23.7 Å². The Hall–Kier alpha value is -0.451. The van der Waals surface area contributed by atoms with Crippen molar-refractivity contribution in [3.63, 3.8) is 0 Å². The zero-order valence-electron chi connectivity index (χ0n) is 28.4. The van der Waals surface area contributed by atoms with Crippen LogP contribution in [0.2, 0.25) is 0 Å². The van der Waals surface area contributed by atoms with Crippen molar-refractivity contribution in [3.05, 3.63) is 47.5 Å². The second kappa shape index (κ2) is 12.9. The van der Waals surface area contributed by atoms with Gasteiger partial charge in [0.1, 0.15) is 10.6 Å². The predicted octanol–water partition coefficient (Wildman–Crippen LogP) is 10.7. The van der Waals surface area contributed by atoms with Crippen molar-refractivity contribution in [1.82, 2.24) is 0 Å². The first-order valence-corrected chi connectivity index (χ1v) is 18.9. The zero-order valence-corrected chi connectivity index (χ0v) is 32.2. The molecule has 0 aromatic heterocycles. The fourth-order valence-corrected chi connectivity index (χ4v) is 15.9. The van der Waals surface area contributed by atoms with E-state index >= 15 is 0 Å². The van der Waals surface area contributed by atoms with Gasteiger partial charge < -0.3 is 15.7 Å². The van der Waals surface area contributed by atoms with Crippen molar-refractivity contribution >= 4 is 34.3 Å². The minimum atomic E-state index is -10.7. The summed E-state index contributed by atoms with van der Waals surface area (Å²) in [7, 11) is -12.6. The minimum Gasteiger partial charge on any atom is -0.412 e. The van der Waals surface area contributed by atoms with E-state index in [1.54, 1.807) is 0 Å². The van der Waals surface area contributed by atoms with Crippen LogP contribution in [0.15, 0.2) is 36.4 Å². The van der Waals surface area contributed by atoms with E-state index in [0.717, 1.165) is 11.5 Å². The van der Waals surface area contributed by atoms with Gasteiger partial charge in [-0.1, -0.05) is 38.1 Å². The van der Waals surface area contributed by atoms with Gasteiger partial charge in [0.05, 0.1) is 20.6 Å². The number of benzene rings is 2. The van der Waals surface area contributed by atoms with Crippen molar-refractivity contribution in [2.24, 2.45) is 0 Å². The number of ether oxygens (including phenoxy) is 1. The molecule has 1 aliphatic rings. The molecule has 0 saturated heterocycles. The molecule has 3 rings (SSSR count). The second-order valence-corrected chi connectivity index (χ2v) is 26.3. The van der Waals surface area contributed by atoms with E-state index in [1.807, 2.05) is 0 Å². The van der Waals surface area contributed by atoms with Crippen LogP contribution in [0.25, 0.3) is 0 Å². The third kappa shape index (κ3) is 12.0. The molecule has 2 aromatic rings. The monoisotopic (exact) mass is 744 g/mol. The summed E-state index contributed by atoms with van der Waals surface area (Å²) in [4.78, 5) is 0. The summed E-state index contributed by atoms with van der Waals surface area (Å²) in [5.74, 6) is 2.30. The van der Waals surface area contributed by atoms with Gasteiger partial charge in [-0.05, 0) is 95.2 Å². The van der Waals surface area contributed by atoms with Gasteiger partial charge in [-0.2, -0.15) is 0 Å². The Balaban J connectivity index is 0. The Morgan fingerprint density at radius 1 is 0.545 bits per heavy atom. The maximum atomic E-state index is 9.87. The maximum absolute atomic E-state index is 10.7. The van der Waals surface area contributed by atoms with Crippen molar-refractivity contribution in [3.8, 4) is 11.5 Å². The van der Waals surface area contributed by atoms with Gasteiger partial charge in [0.15, 0.2) is 11.5 Å². The summed E-state index contributed by atoms with van der Waals surface area (Å²) < 4.78 is 66.4. The molecule has 4 N–H and O–H groups in total. The van der Waals surface area contributed by atoms with Gasteiger partial charge in [-0.15, -0.1) is 0 Å². The van der Waals surface area contributed by atoms with Crippen molar-refractivity contribution in [2.45, 2.75) is 123 Å². The van der Waals surface area contributed by atoms with Crippen LogP contribution in [-0.2, 0) is 22.5 Å². The van der Waals surface area contributed by atoms with Crippen LogP contribution in [0.3, 0.4) is 0 Å². The van der Waals surface area contributed by atoms with Crippen molar-refractivity contribution in [2.75, 3.05) is 0 Å². The normalized spacial score (nSPS) is 16.3. The molecule has 13 heteroatoms. The molecule has 0 fully saturated rings. The average molecular weight is 745 g/mol. The molecular formula is C31H54CuF6O3P3+2. The van der Waals surface area contributed by atoms with Crippen LogP contribution in [0, 0.1) is 0 Å². The quantitative estimate of drug-likeness (QED) is 0.171. The molecule has 0 aliphatic carbocycles. The second-order valence-electron chi connectivity index (χ2n) is 15.8. The van der Waals surface area contributed by atoms with Gasteiger partial charge >= 0.3 is 50.1 Å². The summed E-state index contributed by atoms with van der Waals surface area (Å²) in [6.45, 7) is 33.8. The largest absolute Gasteiger partial charge is 1.00 e. The molecule has 0 atom stereocenters. The number of hydrogen-bond acceptors (Lipinski definition) is 1. The van der Waals surface area contributed by atoms with E-state index in [0.29, 0.717) is 0 Å². The Labute approximate surface area is 273 Å². The topological polar surface area (TPSA) is 72.2 Å². The van der Waals surface area contributed by atoms with E-state index in [1.165, 1.54) is 21.7 Å². The molecule has 1 heterocycles. The number of halogens is 6. The Morgan fingerprint density at radius 2 is 0.773 bits per heavy atom. The maximum Gasteiger partial charge on any atom is 1.00 e. The van der Waals surface area contributed by atoms with Crippen LogP contribution in [0.1, 0.15) is 108 Å². The van der Waals surface area contributed by atoms with Gasteiger partial charge in [0.25, 0.3) is 0 Å². The summed E-state index contributed by atoms with van der Waals surface area (Å²) in [6.07, 6.45) is 0. The smallest absolute Gasteiger partial charge is 0.412 e. The molecule has 262 valence electrons. The number of rotatable bonds is 2. The summed E-state index contributed by atoms with van der Waals surface area (Å²) in [6, 6.07) is 13.9. The Kier molecular flexibility index (Phi) is 13.4. The van der Waals surface area contributed by atoms with Gasteiger partial charge in [0.2, 0.25) is 0 Å². The summed E-state index contributed by atoms with van der Waals surface area (Å²) >= 11 is 0. The van der Waals surface area contributed by atoms with E-state index in [4.69, 9.17) is 4.74 Å². The van der Waals surface area contributed by atoms with Crippen LogP contribution in [-0.4, -0.2) is 31.6 Å². The molecule has 0 unspecified atom stereocenters. The van der Waals surface area contributed by atoms with Crippen LogP contribution < -0.4 is 15.3 Å². The average Bonchev–Trinajstić information content (AvgIpc) is 2.62. The third-order valence-electron chi connectivity index (χ3n) is 7.12. The first-order valence-electron chi connectivity index (χ1n) is 13.9.